The average molecular weight is 276 g/mol. The Morgan fingerprint density at radius 3 is 2.78 bits per heavy atom. The third-order valence-corrected chi connectivity index (χ3v) is 3.26. The lowest BCUT2D eigenvalue weighted by atomic mass is 10.2. The van der Waals surface area contributed by atoms with Gasteiger partial charge in [-0.1, -0.05) is 0 Å². The second-order valence-corrected chi connectivity index (χ2v) is 4.74. The smallest absolute Gasteiger partial charge is 0.373 e. The number of nitrogens with zero attached hydrogens (tertiary/aromatic N) is 1. The molecule has 0 unspecified atom stereocenters. The quantitative estimate of drug-likeness (QED) is 0.873. The van der Waals surface area contributed by atoms with E-state index in [-0.39, 0.29) is 6.61 Å². The van der Waals surface area contributed by atoms with Crippen molar-refractivity contribution in [1.82, 2.24) is 4.98 Å². The maximum absolute atomic E-state index is 12.5. The fourth-order valence-corrected chi connectivity index (χ4v) is 2.34. The lowest BCUT2D eigenvalue weighted by Crippen LogP contribution is -2.07. The third kappa shape index (κ3) is 2.98. The molecule has 0 saturated heterocycles. The van der Waals surface area contributed by atoms with Crippen molar-refractivity contribution < 1.29 is 17.9 Å². The zero-order valence-electron chi connectivity index (χ0n) is 9.33. The Hall–Kier alpha value is -1.18. The van der Waals surface area contributed by atoms with Crippen molar-refractivity contribution in [2.24, 2.45) is 5.73 Å². The summed E-state index contributed by atoms with van der Waals surface area (Å²) in [5, 5.41) is 0.651. The van der Waals surface area contributed by atoms with Gasteiger partial charge in [0.1, 0.15) is 5.01 Å². The van der Waals surface area contributed by atoms with Crippen molar-refractivity contribution in [3.8, 4) is 0 Å². The fraction of sp³-hybridized carbons (Fsp3) is 0.364. The zero-order valence-corrected chi connectivity index (χ0v) is 10.1. The van der Waals surface area contributed by atoms with Gasteiger partial charge in [-0.3, -0.25) is 0 Å². The van der Waals surface area contributed by atoms with Gasteiger partial charge in [0.2, 0.25) is 0 Å². The van der Waals surface area contributed by atoms with Crippen LogP contribution in [-0.4, -0.2) is 18.1 Å². The van der Waals surface area contributed by atoms with Crippen LogP contribution in [0.5, 0.6) is 0 Å². The van der Waals surface area contributed by atoms with Gasteiger partial charge >= 0.3 is 6.18 Å². The van der Waals surface area contributed by atoms with Crippen LogP contribution in [0.3, 0.4) is 0 Å². The number of aromatic nitrogens is 1. The summed E-state index contributed by atoms with van der Waals surface area (Å²) >= 11 is 1.32. The highest BCUT2D eigenvalue weighted by molar-refractivity contribution is 7.18. The number of rotatable bonds is 4. The highest BCUT2D eigenvalue weighted by Gasteiger charge is 2.30. The van der Waals surface area contributed by atoms with Gasteiger partial charge in [0.25, 0.3) is 0 Å². The summed E-state index contributed by atoms with van der Waals surface area (Å²) in [4.78, 5) is 4.11. The molecule has 0 spiro atoms. The van der Waals surface area contributed by atoms with Crippen molar-refractivity contribution in [3.05, 3.63) is 28.8 Å². The van der Waals surface area contributed by atoms with Crippen LogP contribution in [0.1, 0.15) is 10.6 Å². The molecule has 0 aliphatic heterocycles. The Balaban J connectivity index is 2.23. The van der Waals surface area contributed by atoms with Crippen molar-refractivity contribution in [1.29, 1.82) is 0 Å². The number of thiazole rings is 1. The molecule has 2 aromatic rings. The van der Waals surface area contributed by atoms with Crippen molar-refractivity contribution in [2.45, 2.75) is 12.8 Å². The number of halogens is 3. The molecule has 18 heavy (non-hydrogen) atoms. The van der Waals surface area contributed by atoms with E-state index in [2.05, 4.69) is 4.98 Å². The van der Waals surface area contributed by atoms with Crippen molar-refractivity contribution in [3.63, 3.8) is 0 Å². The molecular weight excluding hydrogens is 265 g/mol. The van der Waals surface area contributed by atoms with Crippen LogP contribution < -0.4 is 5.73 Å². The lowest BCUT2D eigenvalue weighted by Gasteiger charge is -2.04. The molecule has 1 heterocycles. The van der Waals surface area contributed by atoms with Gasteiger partial charge in [0.15, 0.2) is 0 Å². The molecule has 98 valence electrons. The first-order valence-electron chi connectivity index (χ1n) is 5.25. The summed E-state index contributed by atoms with van der Waals surface area (Å²) in [5.41, 5.74) is 4.93. The summed E-state index contributed by atoms with van der Waals surface area (Å²) in [6.45, 7) is 1.09. The second kappa shape index (κ2) is 5.21. The van der Waals surface area contributed by atoms with E-state index in [0.29, 0.717) is 28.4 Å². The van der Waals surface area contributed by atoms with Gasteiger partial charge in [-0.05, 0) is 18.2 Å². The number of alkyl halides is 3. The van der Waals surface area contributed by atoms with Crippen LogP contribution in [0.4, 0.5) is 13.2 Å². The number of benzene rings is 1. The predicted molar refractivity (Wildman–Crippen MR) is 63.3 cm³/mol. The number of fused-ring (bicyclic) bond motifs is 1. The Morgan fingerprint density at radius 1 is 1.33 bits per heavy atom. The molecule has 2 rings (SSSR count). The van der Waals surface area contributed by atoms with Crippen LogP contribution in [0.2, 0.25) is 0 Å². The summed E-state index contributed by atoms with van der Waals surface area (Å²) in [7, 11) is 0. The average Bonchev–Trinajstić information content (AvgIpc) is 2.69. The first-order valence-corrected chi connectivity index (χ1v) is 6.07. The van der Waals surface area contributed by atoms with Crippen molar-refractivity contribution in [2.75, 3.05) is 13.2 Å². The first-order chi connectivity index (χ1) is 8.50. The summed E-state index contributed by atoms with van der Waals surface area (Å²) < 4.78 is 43.4. The number of ether oxygens (including phenoxy) is 1. The lowest BCUT2D eigenvalue weighted by molar-refractivity contribution is -0.137. The highest BCUT2D eigenvalue weighted by atomic mass is 32.1. The fourth-order valence-electron chi connectivity index (χ4n) is 1.46. The molecule has 7 heteroatoms. The molecule has 0 saturated carbocycles. The molecule has 1 aromatic carbocycles. The topological polar surface area (TPSA) is 48.1 Å². The Morgan fingerprint density at radius 2 is 2.11 bits per heavy atom. The van der Waals surface area contributed by atoms with E-state index in [1.165, 1.54) is 17.4 Å². The van der Waals surface area contributed by atoms with E-state index >= 15 is 0 Å². The van der Waals surface area contributed by atoms with E-state index in [4.69, 9.17) is 10.5 Å². The van der Waals surface area contributed by atoms with Crippen LogP contribution in [0.25, 0.3) is 10.2 Å². The first kappa shape index (κ1) is 13.3. The molecule has 1 aromatic heterocycles. The molecule has 0 fully saturated rings. The van der Waals surface area contributed by atoms with Gasteiger partial charge in [0.05, 0.1) is 29.0 Å². The van der Waals surface area contributed by atoms with Gasteiger partial charge < -0.3 is 10.5 Å². The minimum Gasteiger partial charge on any atom is -0.373 e. The van der Waals surface area contributed by atoms with Gasteiger partial charge in [0, 0.05) is 6.54 Å². The van der Waals surface area contributed by atoms with Crippen LogP contribution in [-0.2, 0) is 17.5 Å². The molecule has 0 aliphatic rings. The van der Waals surface area contributed by atoms with Crippen molar-refractivity contribution >= 4 is 21.6 Å². The highest BCUT2D eigenvalue weighted by Crippen LogP contribution is 2.32. The van der Waals surface area contributed by atoms with Crippen LogP contribution in [0, 0.1) is 0 Å². The van der Waals surface area contributed by atoms with Gasteiger partial charge in [-0.2, -0.15) is 13.2 Å². The minimum absolute atomic E-state index is 0.276. The molecule has 0 atom stereocenters. The summed E-state index contributed by atoms with van der Waals surface area (Å²) in [6, 6.07) is 3.55. The van der Waals surface area contributed by atoms with Crippen LogP contribution >= 0.6 is 11.3 Å². The summed E-state index contributed by atoms with van der Waals surface area (Å²) in [6.07, 6.45) is -4.34. The van der Waals surface area contributed by atoms with Gasteiger partial charge in [-0.25, -0.2) is 4.98 Å². The molecule has 0 bridgehead atoms. The van der Waals surface area contributed by atoms with Gasteiger partial charge in [-0.15, -0.1) is 11.3 Å². The largest absolute Gasteiger partial charge is 0.416 e. The van der Waals surface area contributed by atoms with E-state index < -0.39 is 11.7 Å². The van der Waals surface area contributed by atoms with Crippen LogP contribution in [0.15, 0.2) is 18.2 Å². The van der Waals surface area contributed by atoms with E-state index in [1.54, 1.807) is 0 Å². The monoisotopic (exact) mass is 276 g/mol. The predicted octanol–water partition coefficient (Wildman–Crippen LogP) is 2.79. The molecule has 3 nitrogen and oxygen atoms in total. The number of nitrogens with two attached hydrogens (primary N) is 1. The molecule has 0 aliphatic carbocycles. The number of hydrogen-bond acceptors (Lipinski definition) is 4. The van der Waals surface area contributed by atoms with E-state index in [1.807, 2.05) is 0 Å². The maximum atomic E-state index is 12.5. The Bertz CT molecular complexity index is 539. The third-order valence-electron chi connectivity index (χ3n) is 2.25. The molecule has 2 N–H and O–H groups in total. The zero-order chi connectivity index (χ0) is 13.2. The Labute approximate surface area is 105 Å². The standard InChI is InChI=1S/C11H11F3N2OS/c12-11(13,14)7-1-2-9-8(5-7)16-10(18-9)6-17-4-3-15/h1-2,5H,3-4,6,15H2. The normalized spacial score (nSPS) is 12.2. The molecule has 0 radical (unpaired) electrons. The second-order valence-electron chi connectivity index (χ2n) is 3.63. The molecule has 0 amide bonds. The van der Waals surface area contributed by atoms with E-state index in [0.717, 1.165) is 12.1 Å². The molecular formula is C11H11F3N2OS. The SMILES string of the molecule is NCCOCc1nc2cc(C(F)(F)F)ccc2s1. The Kier molecular flexibility index (Phi) is 3.84. The number of hydrogen-bond donors (Lipinski definition) is 1. The van der Waals surface area contributed by atoms with E-state index in [9.17, 15) is 13.2 Å². The maximum Gasteiger partial charge on any atom is 0.416 e. The minimum atomic E-state index is -4.34. The summed E-state index contributed by atoms with van der Waals surface area (Å²) in [5.74, 6) is 0.